The number of esters is 1. The van der Waals surface area contributed by atoms with Gasteiger partial charge in [-0.15, -0.1) is 0 Å². The molecule has 0 atom stereocenters. The third-order valence-corrected chi connectivity index (χ3v) is 3.85. The molecule has 0 unspecified atom stereocenters. The Labute approximate surface area is 138 Å². The molecule has 1 aliphatic rings. The Bertz CT molecular complexity index is 585. The predicted molar refractivity (Wildman–Crippen MR) is 82.9 cm³/mol. The van der Waals surface area contributed by atoms with Crippen molar-refractivity contribution in [3.63, 3.8) is 0 Å². The van der Waals surface area contributed by atoms with E-state index in [0.717, 1.165) is 6.07 Å². The van der Waals surface area contributed by atoms with E-state index in [1.54, 1.807) is 25.9 Å². The third kappa shape index (κ3) is 4.27. The van der Waals surface area contributed by atoms with Crippen LogP contribution in [0.2, 0.25) is 0 Å². The van der Waals surface area contributed by atoms with E-state index in [0.29, 0.717) is 32.5 Å². The molecule has 1 fully saturated rings. The van der Waals surface area contributed by atoms with Gasteiger partial charge in [-0.1, -0.05) is 0 Å². The maximum absolute atomic E-state index is 13.0. The average Bonchev–Trinajstić information content (AvgIpc) is 2.54. The molecule has 1 aromatic heterocycles. The molecule has 0 saturated carbocycles. The minimum Gasteiger partial charge on any atom is -0.466 e. The van der Waals surface area contributed by atoms with Crippen molar-refractivity contribution in [2.24, 2.45) is 5.92 Å². The molecule has 134 valence electrons. The molecule has 0 aliphatic carbocycles. The van der Waals surface area contributed by atoms with Crippen molar-refractivity contribution in [2.75, 3.05) is 43.6 Å². The highest BCUT2D eigenvalue weighted by Gasteiger charge is 2.35. The molecule has 1 saturated heterocycles. The minimum atomic E-state index is -4.54. The number of carbonyl (C=O) groups is 1. The molecule has 9 heteroatoms. The lowest BCUT2D eigenvalue weighted by molar-refractivity contribution is -0.148. The first-order valence-corrected chi connectivity index (χ1v) is 7.77. The monoisotopic (exact) mass is 346 g/mol. The van der Waals surface area contributed by atoms with Crippen molar-refractivity contribution >= 4 is 17.7 Å². The molecule has 0 bridgehead atoms. The van der Waals surface area contributed by atoms with E-state index in [9.17, 15) is 18.0 Å². The summed E-state index contributed by atoms with van der Waals surface area (Å²) < 4.78 is 44.1. The SMILES string of the molecule is CCOC(=O)C1CCN(c2nc(N(C)C)cc(C(F)(F)F)n2)CC1. The number of rotatable bonds is 4. The Morgan fingerprint density at radius 2 is 1.96 bits per heavy atom. The second-order valence-electron chi connectivity index (χ2n) is 5.82. The molecular weight excluding hydrogens is 325 g/mol. The maximum atomic E-state index is 13.0. The van der Waals surface area contributed by atoms with Crippen LogP contribution in [0.4, 0.5) is 24.9 Å². The molecule has 2 rings (SSSR count). The van der Waals surface area contributed by atoms with Gasteiger partial charge >= 0.3 is 12.1 Å². The number of alkyl halides is 3. The summed E-state index contributed by atoms with van der Waals surface area (Å²) in [5, 5.41) is 0. The number of aromatic nitrogens is 2. The van der Waals surface area contributed by atoms with E-state index in [4.69, 9.17) is 4.74 Å². The highest BCUT2D eigenvalue weighted by molar-refractivity contribution is 5.72. The zero-order valence-corrected chi connectivity index (χ0v) is 13.9. The smallest absolute Gasteiger partial charge is 0.433 e. The second-order valence-corrected chi connectivity index (χ2v) is 5.82. The van der Waals surface area contributed by atoms with Gasteiger partial charge in [0.2, 0.25) is 5.95 Å². The van der Waals surface area contributed by atoms with Crippen LogP contribution in [-0.2, 0) is 15.7 Å². The molecule has 0 amide bonds. The highest BCUT2D eigenvalue weighted by Crippen LogP contribution is 2.31. The standard InChI is InChI=1S/C15H21F3N4O2/c1-4-24-13(23)10-5-7-22(8-6-10)14-19-11(15(16,17)18)9-12(20-14)21(2)3/h9-10H,4-8H2,1-3H3. The van der Waals surface area contributed by atoms with Crippen LogP contribution in [0.5, 0.6) is 0 Å². The highest BCUT2D eigenvalue weighted by atomic mass is 19.4. The van der Waals surface area contributed by atoms with Crippen LogP contribution in [-0.4, -0.2) is 49.7 Å². The molecule has 1 aromatic rings. The number of ether oxygens (including phenoxy) is 1. The molecule has 24 heavy (non-hydrogen) atoms. The number of hydrogen-bond acceptors (Lipinski definition) is 6. The normalized spacial score (nSPS) is 16.2. The first kappa shape index (κ1) is 18.3. The Morgan fingerprint density at radius 1 is 1.33 bits per heavy atom. The van der Waals surface area contributed by atoms with Crippen LogP contribution in [0.1, 0.15) is 25.5 Å². The van der Waals surface area contributed by atoms with Crippen LogP contribution < -0.4 is 9.80 Å². The van der Waals surface area contributed by atoms with Gasteiger partial charge in [0.05, 0.1) is 12.5 Å². The van der Waals surface area contributed by atoms with Crippen LogP contribution in [0, 0.1) is 5.92 Å². The Hall–Kier alpha value is -2.06. The molecule has 0 aromatic carbocycles. The molecule has 0 N–H and O–H groups in total. The summed E-state index contributed by atoms with van der Waals surface area (Å²) in [6, 6.07) is 0.925. The predicted octanol–water partition coefficient (Wildman–Crippen LogP) is 2.34. The Morgan fingerprint density at radius 3 is 2.46 bits per heavy atom. The fraction of sp³-hybridized carbons (Fsp3) is 0.667. The number of piperidine rings is 1. The van der Waals surface area contributed by atoms with E-state index < -0.39 is 11.9 Å². The molecule has 0 radical (unpaired) electrons. The number of carbonyl (C=O) groups excluding carboxylic acids is 1. The van der Waals surface area contributed by atoms with Gasteiger partial charge in [0.15, 0.2) is 5.69 Å². The van der Waals surface area contributed by atoms with Crippen LogP contribution >= 0.6 is 0 Å². The van der Waals surface area contributed by atoms with Gasteiger partial charge < -0.3 is 14.5 Å². The van der Waals surface area contributed by atoms with Crippen LogP contribution in [0.15, 0.2) is 6.07 Å². The van der Waals surface area contributed by atoms with E-state index in [2.05, 4.69) is 9.97 Å². The minimum absolute atomic E-state index is 0.0378. The van der Waals surface area contributed by atoms with Crippen molar-refractivity contribution in [3.05, 3.63) is 11.8 Å². The summed E-state index contributed by atoms with van der Waals surface area (Å²) in [5.74, 6) is -0.243. The van der Waals surface area contributed by atoms with E-state index in [1.807, 2.05) is 0 Å². The van der Waals surface area contributed by atoms with E-state index in [-0.39, 0.29) is 23.7 Å². The molecule has 0 spiro atoms. The summed E-state index contributed by atoms with van der Waals surface area (Å²) in [6.45, 7) is 2.89. The zero-order valence-electron chi connectivity index (χ0n) is 13.9. The number of halogens is 3. The van der Waals surface area contributed by atoms with Gasteiger partial charge in [0.1, 0.15) is 5.82 Å². The van der Waals surface area contributed by atoms with Gasteiger partial charge in [-0.2, -0.15) is 18.2 Å². The number of anilines is 2. The van der Waals surface area contributed by atoms with Gasteiger partial charge in [0.25, 0.3) is 0 Å². The van der Waals surface area contributed by atoms with Crippen molar-refractivity contribution in [1.82, 2.24) is 9.97 Å². The van der Waals surface area contributed by atoms with Gasteiger partial charge in [0, 0.05) is 33.3 Å². The lowest BCUT2D eigenvalue weighted by Crippen LogP contribution is -2.38. The van der Waals surface area contributed by atoms with Crippen molar-refractivity contribution < 1.29 is 22.7 Å². The average molecular weight is 346 g/mol. The lowest BCUT2D eigenvalue weighted by Gasteiger charge is -2.31. The zero-order chi connectivity index (χ0) is 17.9. The maximum Gasteiger partial charge on any atom is 0.433 e. The summed E-state index contributed by atoms with van der Waals surface area (Å²) in [4.78, 5) is 22.8. The van der Waals surface area contributed by atoms with Crippen molar-refractivity contribution in [3.8, 4) is 0 Å². The Balaban J connectivity index is 2.18. The molecule has 6 nitrogen and oxygen atoms in total. The van der Waals surface area contributed by atoms with Gasteiger partial charge in [-0.05, 0) is 19.8 Å². The molecule has 2 heterocycles. The fourth-order valence-electron chi connectivity index (χ4n) is 2.51. The van der Waals surface area contributed by atoms with Crippen molar-refractivity contribution in [1.29, 1.82) is 0 Å². The number of hydrogen-bond donors (Lipinski definition) is 0. The molecular formula is C15H21F3N4O2. The third-order valence-electron chi connectivity index (χ3n) is 3.85. The largest absolute Gasteiger partial charge is 0.466 e. The summed E-state index contributed by atoms with van der Waals surface area (Å²) >= 11 is 0. The van der Waals surface area contributed by atoms with E-state index >= 15 is 0 Å². The molecule has 1 aliphatic heterocycles. The summed E-state index contributed by atoms with van der Waals surface area (Å²) in [7, 11) is 3.25. The topological polar surface area (TPSA) is 58.6 Å². The van der Waals surface area contributed by atoms with Gasteiger partial charge in [-0.25, -0.2) is 4.98 Å². The Kier molecular flexibility index (Phi) is 5.51. The number of nitrogens with zero attached hydrogens (tertiary/aromatic N) is 4. The summed E-state index contributed by atoms with van der Waals surface area (Å²) in [5.41, 5.74) is -0.969. The lowest BCUT2D eigenvalue weighted by atomic mass is 9.97. The second kappa shape index (κ2) is 7.23. The quantitative estimate of drug-likeness (QED) is 0.780. The van der Waals surface area contributed by atoms with Crippen molar-refractivity contribution in [2.45, 2.75) is 25.9 Å². The summed E-state index contributed by atoms with van der Waals surface area (Å²) in [6.07, 6.45) is -3.52. The first-order valence-electron chi connectivity index (χ1n) is 7.77. The van der Waals surface area contributed by atoms with Crippen LogP contribution in [0.3, 0.4) is 0 Å². The first-order chi connectivity index (χ1) is 11.2. The fourth-order valence-corrected chi connectivity index (χ4v) is 2.51. The van der Waals surface area contributed by atoms with E-state index in [1.165, 1.54) is 4.90 Å². The van der Waals surface area contributed by atoms with Gasteiger partial charge in [-0.3, -0.25) is 4.79 Å². The van der Waals surface area contributed by atoms with Crippen LogP contribution in [0.25, 0.3) is 0 Å².